The zero-order chi connectivity index (χ0) is 15.8. The van der Waals surface area contributed by atoms with Gasteiger partial charge in [-0.15, -0.1) is 11.3 Å². The average molecular weight is 328 g/mol. The van der Waals surface area contributed by atoms with E-state index in [4.69, 9.17) is 5.73 Å². The number of hydrogen-bond acceptors (Lipinski definition) is 5. The summed E-state index contributed by atoms with van der Waals surface area (Å²) in [5, 5.41) is 2.36. The van der Waals surface area contributed by atoms with Gasteiger partial charge in [-0.2, -0.15) is 0 Å². The van der Waals surface area contributed by atoms with Crippen LogP contribution in [0.5, 0.6) is 0 Å². The number of sulfone groups is 1. The number of anilines is 1. The first kappa shape index (κ1) is 15.9. The maximum absolute atomic E-state index is 13.0. The number of aromatic nitrogens is 1. The van der Waals surface area contributed by atoms with Crippen molar-refractivity contribution in [3.8, 4) is 0 Å². The largest absolute Gasteiger partial charge is 0.398 e. The molecular weight excluding hydrogens is 311 g/mol. The van der Waals surface area contributed by atoms with Crippen LogP contribution in [-0.2, 0) is 21.0 Å². The lowest BCUT2D eigenvalue weighted by Crippen LogP contribution is -2.12. The van der Waals surface area contributed by atoms with Crippen LogP contribution in [0.3, 0.4) is 0 Å². The normalized spacial score (nSPS) is 12.6. The first-order valence-corrected chi connectivity index (χ1v) is 8.85. The van der Waals surface area contributed by atoms with Crippen molar-refractivity contribution in [3.05, 3.63) is 40.1 Å². The lowest BCUT2D eigenvalue weighted by molar-refractivity contribution is 0.570. The Morgan fingerprint density at radius 3 is 2.52 bits per heavy atom. The van der Waals surface area contributed by atoms with Gasteiger partial charge in [0.1, 0.15) is 16.6 Å². The number of halogens is 1. The fourth-order valence-electron chi connectivity index (χ4n) is 1.76. The number of nitrogen functional groups attached to an aromatic ring is 1. The number of hydrogen-bond donors (Lipinski definition) is 1. The molecule has 0 aliphatic carbocycles. The van der Waals surface area contributed by atoms with Gasteiger partial charge in [-0.25, -0.2) is 17.8 Å². The van der Waals surface area contributed by atoms with Crippen molar-refractivity contribution in [3.63, 3.8) is 0 Å². The van der Waals surface area contributed by atoms with Crippen molar-refractivity contribution in [2.24, 2.45) is 0 Å². The molecule has 1 aromatic heterocycles. The minimum atomic E-state index is -3.64. The van der Waals surface area contributed by atoms with Crippen molar-refractivity contribution in [1.29, 1.82) is 0 Å². The van der Waals surface area contributed by atoms with Gasteiger partial charge in [0.25, 0.3) is 0 Å². The summed E-state index contributed by atoms with van der Waals surface area (Å²) < 4.78 is 37.7. The van der Waals surface area contributed by atoms with E-state index >= 15 is 0 Å². The molecule has 2 N–H and O–H groups in total. The number of thiazole rings is 1. The van der Waals surface area contributed by atoms with Crippen LogP contribution in [0.4, 0.5) is 10.1 Å². The Bertz CT molecular complexity index is 762. The van der Waals surface area contributed by atoms with E-state index in [1.54, 1.807) is 0 Å². The molecule has 0 fully saturated rings. The molecule has 2 aromatic rings. The van der Waals surface area contributed by atoms with E-state index in [0.29, 0.717) is 5.01 Å². The maximum atomic E-state index is 13.0. The van der Waals surface area contributed by atoms with Gasteiger partial charge in [-0.1, -0.05) is 20.8 Å². The minimum Gasteiger partial charge on any atom is -0.398 e. The zero-order valence-electron chi connectivity index (χ0n) is 12.1. The molecule has 0 bridgehead atoms. The molecule has 7 heteroatoms. The van der Waals surface area contributed by atoms with Crippen molar-refractivity contribution < 1.29 is 12.8 Å². The summed E-state index contributed by atoms with van der Waals surface area (Å²) in [5.74, 6) is -0.792. The summed E-state index contributed by atoms with van der Waals surface area (Å²) in [5.41, 5.74) is 6.24. The molecule has 0 atom stereocenters. The molecule has 1 heterocycles. The van der Waals surface area contributed by atoms with Gasteiger partial charge in [0.15, 0.2) is 9.84 Å². The summed E-state index contributed by atoms with van der Waals surface area (Å²) in [4.78, 5) is 4.31. The summed E-state index contributed by atoms with van der Waals surface area (Å²) in [6.07, 6.45) is 0. The molecule has 1 aromatic carbocycles. The third kappa shape index (κ3) is 3.59. The molecular formula is C14H17FN2O2S2. The highest BCUT2D eigenvalue weighted by atomic mass is 32.2. The number of nitrogens with two attached hydrogens (primary N) is 1. The van der Waals surface area contributed by atoms with E-state index in [1.807, 2.05) is 26.2 Å². The number of nitrogens with zero attached hydrogens (tertiary/aromatic N) is 1. The predicted octanol–water partition coefficient (Wildman–Crippen LogP) is 3.14. The molecule has 21 heavy (non-hydrogen) atoms. The van der Waals surface area contributed by atoms with Crippen LogP contribution in [0.2, 0.25) is 0 Å². The second-order valence-corrected chi connectivity index (χ2v) is 8.72. The van der Waals surface area contributed by atoms with E-state index in [1.165, 1.54) is 17.4 Å². The van der Waals surface area contributed by atoms with Crippen LogP contribution >= 0.6 is 11.3 Å². The van der Waals surface area contributed by atoms with Gasteiger partial charge in [-0.05, 0) is 18.2 Å². The van der Waals surface area contributed by atoms with Gasteiger partial charge < -0.3 is 5.73 Å². The highest BCUT2D eigenvalue weighted by molar-refractivity contribution is 7.91. The predicted molar refractivity (Wildman–Crippen MR) is 82.5 cm³/mol. The molecule has 0 aliphatic heterocycles. The van der Waals surface area contributed by atoms with E-state index in [9.17, 15) is 12.8 Å². The molecule has 114 valence electrons. The van der Waals surface area contributed by atoms with Crippen molar-refractivity contribution >= 4 is 26.9 Å². The molecule has 0 spiro atoms. The first-order valence-electron chi connectivity index (χ1n) is 6.32. The Morgan fingerprint density at radius 1 is 1.33 bits per heavy atom. The Morgan fingerprint density at radius 2 is 2.00 bits per heavy atom. The molecule has 0 radical (unpaired) electrons. The molecule has 2 rings (SSSR count). The Hall–Kier alpha value is -1.47. The Labute approximate surface area is 127 Å². The van der Waals surface area contributed by atoms with Gasteiger partial charge in [0.2, 0.25) is 0 Å². The number of benzene rings is 1. The van der Waals surface area contributed by atoms with E-state index < -0.39 is 15.7 Å². The lowest BCUT2D eigenvalue weighted by atomic mass is 9.93. The van der Waals surface area contributed by atoms with Crippen molar-refractivity contribution in [1.82, 2.24) is 4.98 Å². The third-order valence-electron chi connectivity index (χ3n) is 2.94. The SMILES string of the molecule is CC(C)(C)c1csc(CS(=O)(=O)c2ccc(F)cc2N)n1. The minimum absolute atomic E-state index is 0.0589. The van der Waals surface area contributed by atoms with Crippen LogP contribution in [0, 0.1) is 5.82 Å². The Balaban J connectivity index is 2.31. The Kier molecular flexibility index (Phi) is 4.08. The average Bonchev–Trinajstić information content (AvgIpc) is 2.75. The fourth-order valence-corrected chi connectivity index (χ4v) is 4.55. The van der Waals surface area contributed by atoms with Crippen molar-refractivity contribution in [2.45, 2.75) is 36.8 Å². The third-order valence-corrected chi connectivity index (χ3v) is 5.67. The number of rotatable bonds is 3. The maximum Gasteiger partial charge on any atom is 0.186 e. The smallest absolute Gasteiger partial charge is 0.186 e. The second-order valence-electron chi connectivity index (χ2n) is 5.82. The zero-order valence-corrected chi connectivity index (χ0v) is 13.7. The molecule has 0 saturated heterocycles. The monoisotopic (exact) mass is 328 g/mol. The summed E-state index contributed by atoms with van der Waals surface area (Å²) >= 11 is 1.30. The van der Waals surface area contributed by atoms with Gasteiger partial charge in [0.05, 0.1) is 16.3 Å². The molecule has 0 saturated carbocycles. The topological polar surface area (TPSA) is 73.0 Å². The molecule has 0 amide bonds. The molecule has 4 nitrogen and oxygen atoms in total. The van der Waals surface area contributed by atoms with Crippen LogP contribution in [-0.4, -0.2) is 13.4 Å². The summed E-state index contributed by atoms with van der Waals surface area (Å²) in [7, 11) is -3.64. The van der Waals surface area contributed by atoms with Crippen LogP contribution in [0.1, 0.15) is 31.5 Å². The molecule has 0 aliphatic rings. The van der Waals surface area contributed by atoms with Gasteiger partial charge in [0, 0.05) is 10.8 Å². The lowest BCUT2D eigenvalue weighted by Gasteiger charge is -2.14. The summed E-state index contributed by atoms with van der Waals surface area (Å²) in [6, 6.07) is 3.29. The highest BCUT2D eigenvalue weighted by Gasteiger charge is 2.23. The van der Waals surface area contributed by atoms with Crippen LogP contribution in [0.25, 0.3) is 0 Å². The highest BCUT2D eigenvalue weighted by Crippen LogP contribution is 2.28. The van der Waals surface area contributed by atoms with Crippen LogP contribution in [0.15, 0.2) is 28.5 Å². The first-order chi connectivity index (χ1) is 9.59. The van der Waals surface area contributed by atoms with E-state index in [-0.39, 0.29) is 21.8 Å². The summed E-state index contributed by atoms with van der Waals surface area (Å²) in [6.45, 7) is 6.04. The van der Waals surface area contributed by atoms with E-state index in [0.717, 1.165) is 17.8 Å². The van der Waals surface area contributed by atoms with E-state index in [2.05, 4.69) is 4.98 Å². The molecule has 0 unspecified atom stereocenters. The van der Waals surface area contributed by atoms with Crippen LogP contribution < -0.4 is 5.73 Å². The fraction of sp³-hybridized carbons (Fsp3) is 0.357. The van der Waals surface area contributed by atoms with Crippen molar-refractivity contribution in [2.75, 3.05) is 5.73 Å². The quantitative estimate of drug-likeness (QED) is 0.694. The second kappa shape index (κ2) is 5.38. The standard InChI is InChI=1S/C14H17FN2O2S2/c1-14(2,3)12-7-20-13(17-12)8-21(18,19)11-5-4-9(15)6-10(11)16/h4-7H,8,16H2,1-3H3. The van der Waals surface area contributed by atoms with Gasteiger partial charge >= 0.3 is 0 Å². The van der Waals surface area contributed by atoms with Gasteiger partial charge in [-0.3, -0.25) is 0 Å².